The van der Waals surface area contributed by atoms with Crippen LogP contribution in [0.1, 0.15) is 51.2 Å². The number of hydrogen-bond donors (Lipinski definition) is 2. The highest BCUT2D eigenvalue weighted by Crippen LogP contribution is 2.23. The second-order valence-corrected chi connectivity index (χ2v) is 10.0. The van der Waals surface area contributed by atoms with Crippen molar-refractivity contribution in [1.82, 2.24) is 10.2 Å². The van der Waals surface area contributed by atoms with Gasteiger partial charge in [-0.25, -0.2) is 9.59 Å². The zero-order valence-corrected chi connectivity index (χ0v) is 21.2. The largest absolute Gasteiger partial charge is 0.458 e. The Morgan fingerprint density at radius 3 is 2.22 bits per heavy atom. The summed E-state index contributed by atoms with van der Waals surface area (Å²) in [6, 6.07) is 16.8. The number of carbonyl (C=O) groups is 3. The van der Waals surface area contributed by atoms with Gasteiger partial charge < -0.3 is 24.8 Å². The van der Waals surface area contributed by atoms with Gasteiger partial charge in [0.15, 0.2) is 6.10 Å². The zero-order chi connectivity index (χ0) is 26.1. The average Bonchev–Trinajstić information content (AvgIpc) is 2.86. The van der Waals surface area contributed by atoms with E-state index in [9.17, 15) is 19.5 Å². The molecule has 8 heteroatoms. The van der Waals surface area contributed by atoms with Gasteiger partial charge in [-0.3, -0.25) is 4.79 Å². The summed E-state index contributed by atoms with van der Waals surface area (Å²) in [5.41, 5.74) is 0.958. The first-order valence-electron chi connectivity index (χ1n) is 12.4. The van der Waals surface area contributed by atoms with Gasteiger partial charge in [-0.1, -0.05) is 60.7 Å². The standard InChI is InChI=1S/C28H36N2O6/c1-28(2,3)36-26(33)23-16-10-11-17-30(23)25(32)24(31)22(18-20-12-6-4-7-13-20)29-27(34)35-19-21-14-8-5-9-15-21/h4-9,12-15,22-24,31H,10-11,16-19H2,1-3H3,(H,29,34)/t22?,23-,24?/m0/s1. The zero-order valence-electron chi connectivity index (χ0n) is 21.2. The molecule has 0 aromatic heterocycles. The van der Waals surface area contributed by atoms with Crippen molar-refractivity contribution >= 4 is 18.0 Å². The van der Waals surface area contributed by atoms with E-state index in [1.54, 1.807) is 20.8 Å². The van der Waals surface area contributed by atoms with Crippen molar-refractivity contribution in [2.75, 3.05) is 6.54 Å². The summed E-state index contributed by atoms with van der Waals surface area (Å²) >= 11 is 0. The smallest absolute Gasteiger partial charge is 0.407 e. The summed E-state index contributed by atoms with van der Waals surface area (Å²) in [5.74, 6) is -1.10. The molecule has 1 fully saturated rings. The highest BCUT2D eigenvalue weighted by atomic mass is 16.6. The Labute approximate surface area is 212 Å². The average molecular weight is 497 g/mol. The second kappa shape index (κ2) is 12.5. The number of carbonyl (C=O) groups excluding carboxylic acids is 3. The number of amides is 2. The molecule has 2 amide bonds. The summed E-state index contributed by atoms with van der Waals surface area (Å²) in [7, 11) is 0. The Bertz CT molecular complexity index is 1010. The van der Waals surface area contributed by atoms with Crippen molar-refractivity contribution in [2.45, 2.75) is 76.9 Å². The summed E-state index contributed by atoms with van der Waals surface area (Å²) in [6.45, 7) is 5.71. The number of hydrogen-bond acceptors (Lipinski definition) is 6. The number of nitrogens with zero attached hydrogens (tertiary/aromatic N) is 1. The van der Waals surface area contributed by atoms with Gasteiger partial charge in [0.1, 0.15) is 18.2 Å². The van der Waals surface area contributed by atoms with Crippen LogP contribution in [0.2, 0.25) is 0 Å². The molecule has 1 saturated heterocycles. The van der Waals surface area contributed by atoms with E-state index in [1.165, 1.54) is 4.90 Å². The van der Waals surface area contributed by atoms with Crippen LogP contribution in [0.4, 0.5) is 4.79 Å². The third kappa shape index (κ3) is 8.09. The first-order chi connectivity index (χ1) is 17.1. The first-order valence-corrected chi connectivity index (χ1v) is 12.4. The molecule has 1 aliphatic rings. The number of benzene rings is 2. The van der Waals surface area contributed by atoms with Gasteiger partial charge in [-0.15, -0.1) is 0 Å². The van der Waals surface area contributed by atoms with Crippen LogP contribution in [0, 0.1) is 0 Å². The predicted octanol–water partition coefficient (Wildman–Crippen LogP) is 3.61. The first kappa shape index (κ1) is 27.2. The van der Waals surface area contributed by atoms with Crippen LogP contribution in [-0.4, -0.2) is 58.3 Å². The van der Waals surface area contributed by atoms with Crippen molar-refractivity contribution in [3.63, 3.8) is 0 Å². The fraction of sp³-hybridized carbons (Fsp3) is 0.464. The monoisotopic (exact) mass is 496 g/mol. The van der Waals surface area contributed by atoms with Crippen LogP contribution >= 0.6 is 0 Å². The number of piperidine rings is 1. The van der Waals surface area contributed by atoms with Crippen molar-refractivity contribution in [3.05, 3.63) is 71.8 Å². The van der Waals surface area contributed by atoms with Gasteiger partial charge in [-0.2, -0.15) is 0 Å². The molecule has 0 radical (unpaired) electrons. The topological polar surface area (TPSA) is 105 Å². The van der Waals surface area contributed by atoms with E-state index in [1.807, 2.05) is 60.7 Å². The maximum Gasteiger partial charge on any atom is 0.407 e. The maximum atomic E-state index is 13.4. The lowest BCUT2D eigenvalue weighted by atomic mass is 9.97. The lowest BCUT2D eigenvalue weighted by molar-refractivity contribution is -0.169. The minimum atomic E-state index is -1.57. The third-order valence-electron chi connectivity index (χ3n) is 5.91. The number of aliphatic hydroxyl groups is 1. The quantitative estimate of drug-likeness (QED) is 0.541. The van der Waals surface area contributed by atoms with E-state index >= 15 is 0 Å². The summed E-state index contributed by atoms with van der Waals surface area (Å²) < 4.78 is 10.9. The fourth-order valence-electron chi connectivity index (χ4n) is 4.18. The van der Waals surface area contributed by atoms with Crippen molar-refractivity contribution in [1.29, 1.82) is 0 Å². The molecular formula is C28H36N2O6. The molecule has 0 aliphatic carbocycles. The number of likely N-dealkylation sites (tertiary alicyclic amines) is 1. The Kier molecular flexibility index (Phi) is 9.47. The molecule has 36 heavy (non-hydrogen) atoms. The van der Waals surface area contributed by atoms with Gasteiger partial charge in [-0.05, 0) is 57.6 Å². The highest BCUT2D eigenvalue weighted by molar-refractivity contribution is 5.88. The van der Waals surface area contributed by atoms with Gasteiger partial charge in [0.25, 0.3) is 5.91 Å². The summed E-state index contributed by atoms with van der Waals surface area (Å²) in [5, 5.41) is 13.8. The number of nitrogens with one attached hydrogen (secondary N) is 1. The van der Waals surface area contributed by atoms with E-state index in [0.29, 0.717) is 19.4 Å². The second-order valence-electron chi connectivity index (χ2n) is 10.0. The Hall–Kier alpha value is -3.39. The van der Waals surface area contributed by atoms with E-state index in [4.69, 9.17) is 9.47 Å². The molecule has 1 aliphatic heterocycles. The van der Waals surface area contributed by atoms with E-state index < -0.39 is 41.8 Å². The van der Waals surface area contributed by atoms with Crippen molar-refractivity contribution in [2.24, 2.45) is 0 Å². The summed E-state index contributed by atoms with van der Waals surface area (Å²) in [4.78, 5) is 40.3. The normalized spacial score (nSPS) is 17.6. The number of alkyl carbamates (subject to hydrolysis) is 1. The lowest BCUT2D eigenvalue weighted by Crippen LogP contribution is -2.58. The number of esters is 1. The molecule has 2 unspecified atom stereocenters. The van der Waals surface area contributed by atoms with Crippen LogP contribution in [-0.2, 0) is 32.1 Å². The molecule has 0 spiro atoms. The molecule has 194 valence electrons. The van der Waals surface area contributed by atoms with E-state index in [0.717, 1.165) is 17.5 Å². The number of ether oxygens (including phenoxy) is 2. The lowest BCUT2D eigenvalue weighted by Gasteiger charge is -2.38. The Morgan fingerprint density at radius 2 is 1.61 bits per heavy atom. The van der Waals surface area contributed by atoms with Crippen LogP contribution in [0.25, 0.3) is 0 Å². The fourth-order valence-corrected chi connectivity index (χ4v) is 4.18. The number of aliphatic hydroxyl groups excluding tert-OH is 1. The van der Waals surface area contributed by atoms with Gasteiger partial charge in [0, 0.05) is 6.54 Å². The van der Waals surface area contributed by atoms with Crippen LogP contribution < -0.4 is 5.32 Å². The Balaban J connectivity index is 1.73. The van der Waals surface area contributed by atoms with E-state index in [-0.39, 0.29) is 13.0 Å². The van der Waals surface area contributed by atoms with E-state index in [2.05, 4.69) is 5.32 Å². The maximum absolute atomic E-state index is 13.4. The van der Waals surface area contributed by atoms with Crippen LogP contribution in [0.3, 0.4) is 0 Å². The van der Waals surface area contributed by atoms with Crippen LogP contribution in [0.15, 0.2) is 60.7 Å². The molecule has 2 aromatic carbocycles. The molecular weight excluding hydrogens is 460 g/mol. The molecule has 3 rings (SSSR count). The predicted molar refractivity (Wildman–Crippen MR) is 135 cm³/mol. The van der Waals surface area contributed by atoms with Gasteiger partial charge >= 0.3 is 12.1 Å². The minimum absolute atomic E-state index is 0.0572. The highest BCUT2D eigenvalue weighted by Gasteiger charge is 2.40. The summed E-state index contributed by atoms with van der Waals surface area (Å²) in [6.07, 6.45) is -0.149. The van der Waals surface area contributed by atoms with Gasteiger partial charge in [0.05, 0.1) is 6.04 Å². The Morgan fingerprint density at radius 1 is 1.00 bits per heavy atom. The molecule has 3 atom stereocenters. The molecule has 2 N–H and O–H groups in total. The van der Waals surface area contributed by atoms with Crippen LogP contribution in [0.5, 0.6) is 0 Å². The minimum Gasteiger partial charge on any atom is -0.458 e. The third-order valence-corrected chi connectivity index (χ3v) is 5.91. The molecule has 2 aromatic rings. The molecule has 0 bridgehead atoms. The SMILES string of the molecule is CC(C)(C)OC(=O)[C@@H]1CCCCN1C(=O)C(O)C(Cc1ccccc1)NC(=O)OCc1ccccc1. The van der Waals surface area contributed by atoms with Crippen molar-refractivity contribution in [3.8, 4) is 0 Å². The molecule has 1 heterocycles. The molecule has 0 saturated carbocycles. The number of rotatable bonds is 8. The molecule has 8 nitrogen and oxygen atoms in total. The van der Waals surface area contributed by atoms with Crippen molar-refractivity contribution < 1.29 is 29.0 Å². The van der Waals surface area contributed by atoms with Gasteiger partial charge in [0.2, 0.25) is 0 Å².